The molecule has 0 bridgehead atoms. The molecular weight excluding hydrogens is 344 g/mol. The number of piperazine rings is 1. The average Bonchev–Trinajstić information content (AvgIpc) is 3.37. The first-order valence-corrected chi connectivity index (χ1v) is 9.09. The zero-order valence-corrected chi connectivity index (χ0v) is 15.7. The second kappa shape index (κ2) is 7.89. The topological polar surface area (TPSA) is 72.4 Å². The quantitative estimate of drug-likeness (QED) is 0.655. The molecule has 8 nitrogen and oxygen atoms in total. The molecular formula is C19H24N6O2. The summed E-state index contributed by atoms with van der Waals surface area (Å²) in [6.07, 6.45) is 1.67. The van der Waals surface area contributed by atoms with Gasteiger partial charge in [-0.15, -0.1) is 5.10 Å². The highest BCUT2D eigenvalue weighted by atomic mass is 16.5. The first-order valence-electron chi connectivity index (χ1n) is 9.09. The van der Waals surface area contributed by atoms with E-state index in [9.17, 15) is 0 Å². The minimum absolute atomic E-state index is 0.0189. The monoisotopic (exact) mass is 368 g/mol. The van der Waals surface area contributed by atoms with Crippen molar-refractivity contribution in [2.45, 2.75) is 12.6 Å². The molecule has 0 aliphatic carbocycles. The highest BCUT2D eigenvalue weighted by molar-refractivity contribution is 5.32. The van der Waals surface area contributed by atoms with E-state index in [2.05, 4.69) is 44.5 Å². The lowest BCUT2D eigenvalue weighted by Gasteiger charge is -2.37. The fourth-order valence-corrected chi connectivity index (χ4v) is 3.46. The van der Waals surface area contributed by atoms with Gasteiger partial charge in [0.05, 0.1) is 19.4 Å². The predicted molar refractivity (Wildman–Crippen MR) is 99.5 cm³/mol. The van der Waals surface area contributed by atoms with Gasteiger partial charge in [-0.1, -0.05) is 12.1 Å². The van der Waals surface area contributed by atoms with E-state index < -0.39 is 0 Å². The number of aromatic nitrogens is 4. The zero-order valence-electron chi connectivity index (χ0n) is 15.7. The number of nitrogens with zero attached hydrogens (tertiary/aromatic N) is 6. The first kappa shape index (κ1) is 17.7. The van der Waals surface area contributed by atoms with Gasteiger partial charge in [-0.2, -0.15) is 0 Å². The van der Waals surface area contributed by atoms with Crippen molar-refractivity contribution in [1.29, 1.82) is 0 Å². The maximum Gasteiger partial charge on any atom is 0.173 e. The predicted octanol–water partition coefficient (Wildman–Crippen LogP) is 1.66. The number of hydrogen-bond donors (Lipinski definition) is 0. The summed E-state index contributed by atoms with van der Waals surface area (Å²) in [6, 6.07) is 11.9. The third kappa shape index (κ3) is 3.86. The van der Waals surface area contributed by atoms with Gasteiger partial charge in [-0.25, -0.2) is 4.68 Å². The molecule has 8 heteroatoms. The van der Waals surface area contributed by atoms with E-state index in [-0.39, 0.29) is 6.04 Å². The van der Waals surface area contributed by atoms with Crippen LogP contribution in [0.5, 0.6) is 5.75 Å². The Labute approximate surface area is 158 Å². The number of furan rings is 1. The van der Waals surface area contributed by atoms with Crippen molar-refractivity contribution in [2.75, 3.05) is 40.3 Å². The number of likely N-dealkylation sites (N-methyl/N-ethyl adjacent to an activating group) is 1. The second-order valence-corrected chi connectivity index (χ2v) is 6.79. The van der Waals surface area contributed by atoms with Crippen LogP contribution in [0.15, 0.2) is 47.1 Å². The Kier molecular flexibility index (Phi) is 5.17. The van der Waals surface area contributed by atoms with Crippen molar-refractivity contribution in [2.24, 2.45) is 0 Å². The van der Waals surface area contributed by atoms with Crippen LogP contribution in [0.4, 0.5) is 0 Å². The van der Waals surface area contributed by atoms with Crippen LogP contribution in [-0.4, -0.2) is 70.3 Å². The van der Waals surface area contributed by atoms with Gasteiger partial charge in [0.2, 0.25) is 0 Å². The standard InChI is InChI=1S/C19H24N6O2/c1-23-9-11-24(12-10-23)18(15-5-7-16(26-2)8-6-15)19-20-21-22-25(19)14-17-4-3-13-27-17/h3-8,13,18H,9-12,14H2,1-2H3/t18-/m0/s1. The molecule has 3 aromatic rings. The zero-order chi connectivity index (χ0) is 18.6. The van der Waals surface area contributed by atoms with Gasteiger partial charge < -0.3 is 14.1 Å². The Hall–Kier alpha value is -2.71. The van der Waals surface area contributed by atoms with E-state index in [1.807, 2.05) is 28.9 Å². The van der Waals surface area contributed by atoms with Crippen LogP contribution >= 0.6 is 0 Å². The molecule has 1 atom stereocenters. The van der Waals surface area contributed by atoms with Crippen molar-refractivity contribution in [1.82, 2.24) is 30.0 Å². The number of tetrazole rings is 1. The summed E-state index contributed by atoms with van der Waals surface area (Å²) in [4.78, 5) is 4.78. The van der Waals surface area contributed by atoms with Crippen LogP contribution in [0, 0.1) is 0 Å². The van der Waals surface area contributed by atoms with Crippen LogP contribution in [0.3, 0.4) is 0 Å². The fraction of sp³-hybridized carbons (Fsp3) is 0.421. The maximum absolute atomic E-state index is 5.48. The van der Waals surface area contributed by atoms with Gasteiger partial charge in [-0.05, 0) is 47.3 Å². The minimum atomic E-state index is -0.0189. The van der Waals surface area contributed by atoms with E-state index in [0.717, 1.165) is 49.1 Å². The molecule has 1 aromatic carbocycles. The molecule has 1 fully saturated rings. The summed E-state index contributed by atoms with van der Waals surface area (Å²) in [5, 5.41) is 12.6. The minimum Gasteiger partial charge on any atom is -0.497 e. The Morgan fingerprint density at radius 3 is 2.56 bits per heavy atom. The number of rotatable bonds is 6. The highest BCUT2D eigenvalue weighted by Crippen LogP contribution is 2.29. The number of benzene rings is 1. The molecule has 0 radical (unpaired) electrons. The van der Waals surface area contributed by atoms with Crippen LogP contribution in [0.1, 0.15) is 23.2 Å². The van der Waals surface area contributed by atoms with Crippen molar-refractivity contribution in [3.05, 3.63) is 59.8 Å². The lowest BCUT2D eigenvalue weighted by Crippen LogP contribution is -2.46. The molecule has 142 valence electrons. The van der Waals surface area contributed by atoms with Crippen LogP contribution in [0.25, 0.3) is 0 Å². The van der Waals surface area contributed by atoms with Crippen LogP contribution in [0.2, 0.25) is 0 Å². The third-order valence-electron chi connectivity index (χ3n) is 5.02. The van der Waals surface area contributed by atoms with Crippen LogP contribution in [-0.2, 0) is 6.54 Å². The Balaban J connectivity index is 1.68. The summed E-state index contributed by atoms with van der Waals surface area (Å²) in [5.41, 5.74) is 1.15. The normalized spacial score (nSPS) is 17.1. The molecule has 27 heavy (non-hydrogen) atoms. The maximum atomic E-state index is 5.48. The molecule has 0 amide bonds. The lowest BCUT2D eigenvalue weighted by molar-refractivity contribution is 0.121. The van der Waals surface area contributed by atoms with Crippen LogP contribution < -0.4 is 4.74 Å². The number of hydrogen-bond acceptors (Lipinski definition) is 7. The summed E-state index contributed by atoms with van der Waals surface area (Å²) < 4.78 is 12.6. The van der Waals surface area contributed by atoms with Crippen molar-refractivity contribution in [3.63, 3.8) is 0 Å². The number of ether oxygens (including phenoxy) is 1. The van der Waals surface area contributed by atoms with Crippen molar-refractivity contribution in [3.8, 4) is 5.75 Å². The van der Waals surface area contributed by atoms with E-state index in [4.69, 9.17) is 9.15 Å². The molecule has 4 rings (SSSR count). The molecule has 0 saturated carbocycles. The third-order valence-corrected chi connectivity index (χ3v) is 5.02. The molecule has 1 saturated heterocycles. The lowest BCUT2D eigenvalue weighted by atomic mass is 10.0. The smallest absolute Gasteiger partial charge is 0.173 e. The Bertz CT molecular complexity index is 837. The SMILES string of the molecule is COc1ccc([C@@H](c2nnnn2Cc2ccco2)N2CCN(C)CC2)cc1. The highest BCUT2D eigenvalue weighted by Gasteiger charge is 2.30. The van der Waals surface area contributed by atoms with E-state index in [1.54, 1.807) is 13.4 Å². The van der Waals surface area contributed by atoms with Gasteiger partial charge in [0, 0.05) is 26.2 Å². The first-order chi connectivity index (χ1) is 13.2. The van der Waals surface area contributed by atoms with E-state index in [1.165, 1.54) is 0 Å². The number of methoxy groups -OCH3 is 1. The Morgan fingerprint density at radius 2 is 1.89 bits per heavy atom. The molecule has 2 aromatic heterocycles. The van der Waals surface area contributed by atoms with Gasteiger partial charge in [0.15, 0.2) is 5.82 Å². The van der Waals surface area contributed by atoms with Crippen molar-refractivity contribution < 1.29 is 9.15 Å². The average molecular weight is 368 g/mol. The van der Waals surface area contributed by atoms with E-state index >= 15 is 0 Å². The van der Waals surface area contributed by atoms with Gasteiger partial charge >= 0.3 is 0 Å². The summed E-state index contributed by atoms with van der Waals surface area (Å²) in [7, 11) is 3.83. The fourth-order valence-electron chi connectivity index (χ4n) is 3.46. The van der Waals surface area contributed by atoms with Crippen molar-refractivity contribution >= 4 is 0 Å². The van der Waals surface area contributed by atoms with Gasteiger partial charge in [0.25, 0.3) is 0 Å². The van der Waals surface area contributed by atoms with E-state index in [0.29, 0.717) is 6.54 Å². The van der Waals surface area contributed by atoms with Gasteiger partial charge in [0.1, 0.15) is 18.1 Å². The molecule has 0 spiro atoms. The summed E-state index contributed by atoms with van der Waals surface area (Å²) in [5.74, 6) is 2.49. The largest absolute Gasteiger partial charge is 0.497 e. The Morgan fingerprint density at radius 1 is 1.11 bits per heavy atom. The molecule has 1 aliphatic rings. The van der Waals surface area contributed by atoms with Gasteiger partial charge in [-0.3, -0.25) is 4.90 Å². The molecule has 0 N–H and O–H groups in total. The summed E-state index contributed by atoms with van der Waals surface area (Å²) in [6.45, 7) is 4.47. The second-order valence-electron chi connectivity index (χ2n) is 6.79. The molecule has 0 unspecified atom stereocenters. The molecule has 1 aliphatic heterocycles. The summed E-state index contributed by atoms with van der Waals surface area (Å²) >= 11 is 0. The molecule has 3 heterocycles.